The number of nitrogens with one attached hydrogen (secondary N) is 2. The fourth-order valence-electron chi connectivity index (χ4n) is 1.80. The highest BCUT2D eigenvalue weighted by molar-refractivity contribution is 7.18. The molecule has 4 amide bonds. The van der Waals surface area contributed by atoms with Crippen molar-refractivity contribution in [2.45, 2.75) is 19.9 Å². The van der Waals surface area contributed by atoms with Crippen LogP contribution in [-0.4, -0.2) is 41.1 Å². The number of hydrogen-bond acceptors (Lipinski definition) is 5. The summed E-state index contributed by atoms with van der Waals surface area (Å²) in [6.45, 7) is 2.78. The molecule has 1 saturated heterocycles. The Morgan fingerprint density at radius 1 is 1.40 bits per heavy atom. The molecule has 2 heterocycles. The zero-order valence-electron chi connectivity index (χ0n) is 10.9. The van der Waals surface area contributed by atoms with E-state index >= 15 is 0 Å². The number of imide groups is 1. The fraction of sp³-hybridized carbons (Fsp3) is 0.333. The Labute approximate surface area is 118 Å². The Balaban J connectivity index is 2.17. The van der Waals surface area contributed by atoms with Gasteiger partial charge in [-0.25, -0.2) is 0 Å². The molecule has 2 rings (SSSR count). The largest absolute Gasteiger partial charge is 0.318 e. The van der Waals surface area contributed by atoms with Crippen molar-refractivity contribution in [3.8, 4) is 0 Å². The molecule has 0 radical (unpaired) electrons. The van der Waals surface area contributed by atoms with Gasteiger partial charge in [-0.05, 0) is 19.1 Å². The highest BCUT2D eigenvalue weighted by Crippen LogP contribution is 2.24. The molecule has 1 fully saturated rings. The summed E-state index contributed by atoms with van der Waals surface area (Å²) in [5.41, 5.74) is 0. The monoisotopic (exact) mass is 295 g/mol. The highest BCUT2D eigenvalue weighted by Gasteiger charge is 2.34. The molecule has 1 aliphatic heterocycles. The van der Waals surface area contributed by atoms with Crippen molar-refractivity contribution in [3.63, 3.8) is 0 Å². The van der Waals surface area contributed by atoms with E-state index in [0.717, 1.165) is 11.3 Å². The van der Waals surface area contributed by atoms with Gasteiger partial charge in [-0.2, -0.15) is 0 Å². The zero-order chi connectivity index (χ0) is 14.9. The van der Waals surface area contributed by atoms with E-state index in [1.165, 1.54) is 11.8 Å². The summed E-state index contributed by atoms with van der Waals surface area (Å²) in [5, 5.41) is 5.29. The van der Waals surface area contributed by atoms with Gasteiger partial charge < -0.3 is 10.2 Å². The average molecular weight is 295 g/mol. The molecule has 0 aromatic carbocycles. The highest BCUT2D eigenvalue weighted by atomic mass is 32.1. The maximum atomic E-state index is 12.3. The van der Waals surface area contributed by atoms with Crippen molar-refractivity contribution in [1.29, 1.82) is 0 Å². The van der Waals surface area contributed by atoms with Gasteiger partial charge in [0.05, 0.1) is 9.88 Å². The van der Waals surface area contributed by atoms with E-state index in [0.29, 0.717) is 9.88 Å². The minimum atomic E-state index is -0.702. The Morgan fingerprint density at radius 3 is 2.75 bits per heavy atom. The smallest absolute Gasteiger partial charge is 0.265 e. The molecule has 106 valence electrons. The third kappa shape index (κ3) is 2.85. The summed E-state index contributed by atoms with van der Waals surface area (Å²) < 4.78 is 0. The maximum absolute atomic E-state index is 12.3. The summed E-state index contributed by atoms with van der Waals surface area (Å²) in [4.78, 5) is 47.7. The molecule has 1 aromatic rings. The van der Waals surface area contributed by atoms with Crippen molar-refractivity contribution in [2.24, 2.45) is 0 Å². The molecule has 20 heavy (non-hydrogen) atoms. The summed E-state index contributed by atoms with van der Waals surface area (Å²) in [5.74, 6) is -1.62. The fourth-order valence-corrected chi connectivity index (χ4v) is 2.71. The second-order valence-corrected chi connectivity index (χ2v) is 5.45. The van der Waals surface area contributed by atoms with Gasteiger partial charge in [0, 0.05) is 6.92 Å². The van der Waals surface area contributed by atoms with E-state index in [2.05, 4.69) is 10.6 Å². The Hall–Kier alpha value is -2.22. The van der Waals surface area contributed by atoms with Gasteiger partial charge in [0.15, 0.2) is 0 Å². The SMILES string of the molecule is CC(=O)Nc1ccc(C(=O)N2CC(=O)NC(=O)C2C)s1. The van der Waals surface area contributed by atoms with Gasteiger partial charge in [-0.3, -0.25) is 24.5 Å². The molecule has 7 nitrogen and oxygen atoms in total. The Morgan fingerprint density at radius 2 is 2.10 bits per heavy atom. The van der Waals surface area contributed by atoms with Crippen LogP contribution in [0.15, 0.2) is 12.1 Å². The Kier molecular flexibility index (Phi) is 3.84. The lowest BCUT2D eigenvalue weighted by Crippen LogP contribution is -2.58. The van der Waals surface area contributed by atoms with Crippen molar-refractivity contribution >= 4 is 40.0 Å². The first-order valence-electron chi connectivity index (χ1n) is 5.90. The molecule has 8 heteroatoms. The maximum Gasteiger partial charge on any atom is 0.265 e. The lowest BCUT2D eigenvalue weighted by Gasteiger charge is -2.31. The number of piperazine rings is 1. The number of carbonyl (C=O) groups is 4. The van der Waals surface area contributed by atoms with Crippen molar-refractivity contribution < 1.29 is 19.2 Å². The third-order valence-electron chi connectivity index (χ3n) is 2.80. The van der Waals surface area contributed by atoms with E-state index < -0.39 is 23.8 Å². The number of hydrogen-bond donors (Lipinski definition) is 2. The summed E-state index contributed by atoms with van der Waals surface area (Å²) in [6, 6.07) is 2.46. The van der Waals surface area contributed by atoms with Crippen molar-refractivity contribution in [2.75, 3.05) is 11.9 Å². The zero-order valence-corrected chi connectivity index (χ0v) is 11.7. The molecule has 0 saturated carbocycles. The second-order valence-electron chi connectivity index (χ2n) is 4.37. The van der Waals surface area contributed by atoms with Gasteiger partial charge in [-0.15, -0.1) is 11.3 Å². The minimum Gasteiger partial charge on any atom is -0.318 e. The lowest BCUT2D eigenvalue weighted by molar-refractivity contribution is -0.138. The molecule has 2 N–H and O–H groups in total. The normalized spacial score (nSPS) is 18.7. The van der Waals surface area contributed by atoms with Crippen LogP contribution in [0.25, 0.3) is 0 Å². The standard InChI is InChI=1S/C12H13N3O4S/c1-6-11(18)14-9(17)5-15(6)12(19)8-3-4-10(20-8)13-7(2)16/h3-4,6H,5H2,1-2H3,(H,13,16)(H,14,17,18). The van der Waals surface area contributed by atoms with Crippen LogP contribution in [0, 0.1) is 0 Å². The van der Waals surface area contributed by atoms with Gasteiger partial charge in [-0.1, -0.05) is 0 Å². The van der Waals surface area contributed by atoms with Crippen LogP contribution in [0.4, 0.5) is 5.00 Å². The molecule has 0 spiro atoms. The van der Waals surface area contributed by atoms with Crippen LogP contribution in [0.2, 0.25) is 0 Å². The van der Waals surface area contributed by atoms with E-state index in [9.17, 15) is 19.2 Å². The molecular formula is C12H13N3O4S. The predicted molar refractivity (Wildman–Crippen MR) is 72.3 cm³/mol. The molecule has 0 bridgehead atoms. The first-order chi connectivity index (χ1) is 9.38. The summed E-state index contributed by atoms with van der Waals surface area (Å²) in [6.07, 6.45) is 0. The van der Waals surface area contributed by atoms with E-state index in [-0.39, 0.29) is 12.5 Å². The second kappa shape index (κ2) is 5.41. The van der Waals surface area contributed by atoms with E-state index in [1.54, 1.807) is 19.1 Å². The van der Waals surface area contributed by atoms with Crippen molar-refractivity contribution in [1.82, 2.24) is 10.2 Å². The van der Waals surface area contributed by atoms with E-state index in [1.807, 2.05) is 0 Å². The molecule has 1 aromatic heterocycles. The van der Waals surface area contributed by atoms with Crippen LogP contribution in [0.1, 0.15) is 23.5 Å². The molecule has 1 atom stereocenters. The number of thiophene rings is 1. The first kappa shape index (κ1) is 14.2. The minimum absolute atomic E-state index is 0.154. The molecule has 1 unspecified atom stereocenters. The molecule has 1 aliphatic rings. The molecular weight excluding hydrogens is 282 g/mol. The lowest BCUT2D eigenvalue weighted by atomic mass is 10.2. The van der Waals surface area contributed by atoms with Crippen LogP contribution in [0.5, 0.6) is 0 Å². The topological polar surface area (TPSA) is 95.6 Å². The van der Waals surface area contributed by atoms with Crippen LogP contribution in [0.3, 0.4) is 0 Å². The average Bonchev–Trinajstić information content (AvgIpc) is 2.80. The van der Waals surface area contributed by atoms with Gasteiger partial charge in [0.1, 0.15) is 12.6 Å². The number of nitrogens with zero attached hydrogens (tertiary/aromatic N) is 1. The summed E-state index contributed by atoms with van der Waals surface area (Å²) >= 11 is 1.10. The first-order valence-corrected chi connectivity index (χ1v) is 6.72. The third-order valence-corrected chi connectivity index (χ3v) is 3.79. The van der Waals surface area contributed by atoms with Crippen molar-refractivity contribution in [3.05, 3.63) is 17.0 Å². The Bertz CT molecular complexity index is 595. The van der Waals surface area contributed by atoms with Crippen LogP contribution in [-0.2, 0) is 14.4 Å². The van der Waals surface area contributed by atoms with Crippen LogP contribution < -0.4 is 10.6 Å². The van der Waals surface area contributed by atoms with Gasteiger partial charge in [0.2, 0.25) is 17.7 Å². The number of anilines is 1. The molecule has 0 aliphatic carbocycles. The quantitative estimate of drug-likeness (QED) is 0.762. The number of carbonyl (C=O) groups excluding carboxylic acids is 4. The summed E-state index contributed by atoms with van der Waals surface area (Å²) in [7, 11) is 0. The van der Waals surface area contributed by atoms with Gasteiger partial charge in [0.25, 0.3) is 5.91 Å². The van der Waals surface area contributed by atoms with Gasteiger partial charge >= 0.3 is 0 Å². The predicted octanol–water partition coefficient (Wildman–Crippen LogP) is 0.194. The van der Waals surface area contributed by atoms with E-state index in [4.69, 9.17) is 0 Å². The van der Waals surface area contributed by atoms with Crippen LogP contribution >= 0.6 is 11.3 Å². The number of rotatable bonds is 2. The number of amides is 4.